The van der Waals surface area contributed by atoms with E-state index in [4.69, 9.17) is 0 Å². The first-order chi connectivity index (χ1) is 6.93. The molecule has 1 fully saturated rings. The topological polar surface area (TPSA) is 41.1 Å². The van der Waals surface area contributed by atoms with Crippen LogP contribution in [0.3, 0.4) is 0 Å². The SMILES string of the molecule is CC(C)CC1(CC(C)C)CNC(=O)NC1. The van der Waals surface area contributed by atoms with E-state index in [9.17, 15) is 4.79 Å². The molecule has 0 aliphatic carbocycles. The van der Waals surface area contributed by atoms with Gasteiger partial charge < -0.3 is 10.6 Å². The van der Waals surface area contributed by atoms with Crippen LogP contribution in [0.5, 0.6) is 0 Å². The molecular formula is C12H24N2O. The lowest BCUT2D eigenvalue weighted by Gasteiger charge is -2.40. The molecule has 15 heavy (non-hydrogen) atoms. The van der Waals surface area contributed by atoms with Crippen molar-refractivity contribution in [3.63, 3.8) is 0 Å². The molecule has 0 aromatic carbocycles. The summed E-state index contributed by atoms with van der Waals surface area (Å²) >= 11 is 0. The summed E-state index contributed by atoms with van der Waals surface area (Å²) in [6, 6.07) is -0.0156. The van der Waals surface area contributed by atoms with Crippen LogP contribution >= 0.6 is 0 Å². The minimum absolute atomic E-state index is 0.0156. The van der Waals surface area contributed by atoms with Gasteiger partial charge >= 0.3 is 6.03 Å². The molecule has 2 N–H and O–H groups in total. The zero-order valence-electron chi connectivity index (χ0n) is 10.4. The standard InChI is InChI=1S/C12H24N2O/c1-9(2)5-12(6-10(3)4)7-13-11(15)14-8-12/h9-10H,5-8H2,1-4H3,(H2,13,14,15). The maximum absolute atomic E-state index is 11.1. The number of amides is 2. The van der Waals surface area contributed by atoms with Gasteiger partial charge in [0.1, 0.15) is 0 Å². The van der Waals surface area contributed by atoms with Crippen LogP contribution in [0.2, 0.25) is 0 Å². The van der Waals surface area contributed by atoms with Gasteiger partial charge in [-0.3, -0.25) is 0 Å². The lowest BCUT2D eigenvalue weighted by molar-refractivity contribution is 0.147. The van der Waals surface area contributed by atoms with Crippen molar-refractivity contribution in [3.05, 3.63) is 0 Å². The van der Waals surface area contributed by atoms with E-state index < -0.39 is 0 Å². The monoisotopic (exact) mass is 212 g/mol. The molecule has 1 rings (SSSR count). The van der Waals surface area contributed by atoms with Crippen LogP contribution in [0.25, 0.3) is 0 Å². The maximum atomic E-state index is 11.1. The zero-order valence-corrected chi connectivity index (χ0v) is 10.4. The number of hydrogen-bond acceptors (Lipinski definition) is 1. The number of nitrogens with one attached hydrogen (secondary N) is 2. The van der Waals surface area contributed by atoms with Gasteiger partial charge in [-0.2, -0.15) is 0 Å². The molecule has 3 nitrogen and oxygen atoms in total. The molecule has 0 radical (unpaired) electrons. The molecule has 0 unspecified atom stereocenters. The first-order valence-electron chi connectivity index (χ1n) is 5.95. The van der Waals surface area contributed by atoms with Gasteiger partial charge in [-0.1, -0.05) is 27.7 Å². The van der Waals surface area contributed by atoms with Crippen molar-refractivity contribution in [1.82, 2.24) is 10.6 Å². The molecule has 0 aromatic heterocycles. The van der Waals surface area contributed by atoms with Crippen LogP contribution in [0, 0.1) is 17.3 Å². The molecule has 3 heteroatoms. The molecule has 88 valence electrons. The Labute approximate surface area is 93.0 Å². The molecule has 0 saturated carbocycles. The number of carbonyl (C=O) groups excluding carboxylic acids is 1. The normalized spacial score (nSPS) is 20.3. The first kappa shape index (κ1) is 12.3. The van der Waals surface area contributed by atoms with E-state index in [2.05, 4.69) is 38.3 Å². The Hall–Kier alpha value is -0.730. The van der Waals surface area contributed by atoms with Gasteiger partial charge in [0, 0.05) is 18.5 Å². The van der Waals surface area contributed by atoms with Gasteiger partial charge in [-0.15, -0.1) is 0 Å². The summed E-state index contributed by atoms with van der Waals surface area (Å²) in [7, 11) is 0. The van der Waals surface area contributed by atoms with Crippen molar-refractivity contribution >= 4 is 6.03 Å². The molecule has 1 heterocycles. The average Bonchev–Trinajstić information content (AvgIpc) is 2.08. The second-order valence-corrected chi connectivity index (χ2v) is 5.73. The van der Waals surface area contributed by atoms with E-state index in [1.165, 1.54) is 12.8 Å². The molecule has 0 bridgehead atoms. The summed E-state index contributed by atoms with van der Waals surface area (Å²) in [5, 5.41) is 5.87. The Morgan fingerprint density at radius 3 is 1.80 bits per heavy atom. The van der Waals surface area contributed by atoms with Crippen molar-refractivity contribution in [3.8, 4) is 0 Å². The third-order valence-corrected chi connectivity index (χ3v) is 2.93. The number of rotatable bonds is 4. The summed E-state index contributed by atoms with van der Waals surface area (Å²) in [4.78, 5) is 11.1. The predicted molar refractivity (Wildman–Crippen MR) is 62.7 cm³/mol. The number of urea groups is 1. The Balaban J connectivity index is 2.63. The summed E-state index contributed by atoms with van der Waals surface area (Å²) in [6.45, 7) is 10.7. The Kier molecular flexibility index (Phi) is 4.00. The van der Waals surface area contributed by atoms with Crippen molar-refractivity contribution in [2.45, 2.75) is 40.5 Å². The Morgan fingerprint density at radius 2 is 1.47 bits per heavy atom. The van der Waals surface area contributed by atoms with Crippen LogP contribution in [-0.4, -0.2) is 19.1 Å². The van der Waals surface area contributed by atoms with E-state index >= 15 is 0 Å². The minimum Gasteiger partial charge on any atom is -0.338 e. The number of carbonyl (C=O) groups is 1. The zero-order chi connectivity index (χ0) is 11.5. The van der Waals surface area contributed by atoms with Gasteiger partial charge in [0.25, 0.3) is 0 Å². The lowest BCUT2D eigenvalue weighted by atomic mass is 9.73. The van der Waals surface area contributed by atoms with E-state index in [1.807, 2.05) is 0 Å². The highest BCUT2D eigenvalue weighted by Gasteiger charge is 2.35. The third-order valence-electron chi connectivity index (χ3n) is 2.93. The van der Waals surface area contributed by atoms with Crippen molar-refractivity contribution in [2.24, 2.45) is 17.3 Å². The van der Waals surface area contributed by atoms with Crippen molar-refractivity contribution < 1.29 is 4.79 Å². The van der Waals surface area contributed by atoms with Gasteiger partial charge in [0.05, 0.1) is 0 Å². The molecule has 0 spiro atoms. The smallest absolute Gasteiger partial charge is 0.314 e. The summed E-state index contributed by atoms with van der Waals surface area (Å²) in [5.41, 5.74) is 0.260. The molecule has 0 aromatic rings. The quantitative estimate of drug-likeness (QED) is 0.738. The highest BCUT2D eigenvalue weighted by atomic mass is 16.2. The maximum Gasteiger partial charge on any atom is 0.314 e. The summed E-state index contributed by atoms with van der Waals surface area (Å²) < 4.78 is 0. The van der Waals surface area contributed by atoms with Crippen molar-refractivity contribution in [2.75, 3.05) is 13.1 Å². The largest absolute Gasteiger partial charge is 0.338 e. The van der Waals surface area contributed by atoms with Crippen LogP contribution in [0.1, 0.15) is 40.5 Å². The molecule has 1 saturated heterocycles. The molecular weight excluding hydrogens is 188 g/mol. The van der Waals surface area contributed by atoms with Crippen LogP contribution in [-0.2, 0) is 0 Å². The van der Waals surface area contributed by atoms with E-state index in [0.29, 0.717) is 11.8 Å². The first-order valence-corrected chi connectivity index (χ1v) is 5.95. The van der Waals surface area contributed by atoms with Crippen LogP contribution < -0.4 is 10.6 Å². The van der Waals surface area contributed by atoms with E-state index in [1.54, 1.807) is 0 Å². The third kappa shape index (κ3) is 3.73. The Bertz CT molecular complexity index is 202. The van der Waals surface area contributed by atoms with Crippen LogP contribution in [0.4, 0.5) is 4.79 Å². The fourth-order valence-corrected chi connectivity index (χ4v) is 2.76. The molecule has 2 amide bonds. The average molecular weight is 212 g/mol. The molecule has 1 aliphatic heterocycles. The fraction of sp³-hybridized carbons (Fsp3) is 0.917. The summed E-state index contributed by atoms with van der Waals surface area (Å²) in [6.07, 6.45) is 2.36. The van der Waals surface area contributed by atoms with Gasteiger partial charge in [0.2, 0.25) is 0 Å². The van der Waals surface area contributed by atoms with E-state index in [0.717, 1.165) is 13.1 Å². The highest BCUT2D eigenvalue weighted by molar-refractivity contribution is 5.74. The minimum atomic E-state index is -0.0156. The number of hydrogen-bond donors (Lipinski definition) is 2. The lowest BCUT2D eigenvalue weighted by Crippen LogP contribution is -2.55. The highest BCUT2D eigenvalue weighted by Crippen LogP contribution is 2.33. The van der Waals surface area contributed by atoms with E-state index in [-0.39, 0.29) is 11.4 Å². The fourth-order valence-electron chi connectivity index (χ4n) is 2.76. The van der Waals surface area contributed by atoms with Crippen LogP contribution in [0.15, 0.2) is 0 Å². The summed E-state index contributed by atoms with van der Waals surface area (Å²) in [5.74, 6) is 1.36. The van der Waals surface area contributed by atoms with Gasteiger partial charge in [-0.05, 0) is 24.7 Å². The predicted octanol–water partition coefficient (Wildman–Crippen LogP) is 2.38. The van der Waals surface area contributed by atoms with Gasteiger partial charge in [0.15, 0.2) is 0 Å². The second-order valence-electron chi connectivity index (χ2n) is 5.73. The second kappa shape index (κ2) is 4.86. The Morgan fingerprint density at radius 1 is 1.07 bits per heavy atom. The van der Waals surface area contributed by atoms with Gasteiger partial charge in [-0.25, -0.2) is 4.79 Å². The van der Waals surface area contributed by atoms with Crippen molar-refractivity contribution in [1.29, 1.82) is 0 Å². The molecule has 1 aliphatic rings. The molecule has 0 atom stereocenters.